The average Bonchev–Trinajstić information content (AvgIpc) is 2.99. The molecular formula is C14H13ClINOS. The first-order chi connectivity index (χ1) is 9.19. The molecular weight excluding hydrogens is 393 g/mol. The molecule has 0 fully saturated rings. The maximum Gasteiger partial charge on any atom is 0.127 e. The van der Waals surface area contributed by atoms with Crippen molar-refractivity contribution in [1.82, 2.24) is 5.32 Å². The predicted octanol–water partition coefficient (Wildman–Crippen LogP) is 4.25. The van der Waals surface area contributed by atoms with Crippen molar-refractivity contribution < 1.29 is 4.74 Å². The van der Waals surface area contributed by atoms with Gasteiger partial charge in [-0.05, 0) is 64.3 Å². The smallest absolute Gasteiger partial charge is 0.127 e. The van der Waals surface area contributed by atoms with Gasteiger partial charge in [0.15, 0.2) is 0 Å². The summed E-state index contributed by atoms with van der Waals surface area (Å²) >= 11 is 10.3. The molecule has 0 radical (unpaired) electrons. The maximum absolute atomic E-state index is 6.24. The Morgan fingerprint density at radius 3 is 2.95 bits per heavy atom. The minimum absolute atomic E-state index is 0.130. The molecule has 2 nitrogen and oxygen atoms in total. The van der Waals surface area contributed by atoms with Gasteiger partial charge in [-0.1, -0.05) is 11.6 Å². The number of benzene rings is 1. The molecule has 1 aliphatic heterocycles. The van der Waals surface area contributed by atoms with E-state index in [1.165, 1.54) is 14.0 Å². The molecule has 1 atom stereocenters. The molecule has 2 aromatic rings. The van der Waals surface area contributed by atoms with Gasteiger partial charge in [0.2, 0.25) is 0 Å². The van der Waals surface area contributed by atoms with Crippen molar-refractivity contribution in [2.75, 3.05) is 13.7 Å². The summed E-state index contributed by atoms with van der Waals surface area (Å²) in [7, 11) is 1.97. The Kier molecular flexibility index (Phi) is 4.03. The highest BCUT2D eigenvalue weighted by Crippen LogP contribution is 2.39. The van der Waals surface area contributed by atoms with Crippen molar-refractivity contribution in [3.05, 3.63) is 48.2 Å². The SMILES string of the molecule is CNC(c1csc(I)c1)c1cc(Cl)cc2c1OCC2. The fourth-order valence-corrected chi connectivity index (χ4v) is 4.14. The van der Waals surface area contributed by atoms with Crippen LogP contribution in [0.5, 0.6) is 5.75 Å². The molecule has 0 aliphatic carbocycles. The molecule has 1 aromatic heterocycles. The lowest BCUT2D eigenvalue weighted by Gasteiger charge is -2.19. The minimum atomic E-state index is 0.130. The molecule has 100 valence electrons. The highest BCUT2D eigenvalue weighted by molar-refractivity contribution is 14.1. The Morgan fingerprint density at radius 2 is 2.26 bits per heavy atom. The Bertz CT molecular complexity index is 613. The van der Waals surface area contributed by atoms with Crippen LogP contribution in [-0.4, -0.2) is 13.7 Å². The fourth-order valence-electron chi connectivity index (χ4n) is 2.49. The van der Waals surface area contributed by atoms with E-state index in [2.05, 4.69) is 39.4 Å². The first-order valence-electron chi connectivity index (χ1n) is 6.05. The molecule has 0 amide bonds. The Balaban J connectivity index is 2.09. The normalized spacial score (nSPS) is 15.1. The van der Waals surface area contributed by atoms with Gasteiger partial charge < -0.3 is 10.1 Å². The number of thiophene rings is 1. The van der Waals surface area contributed by atoms with E-state index in [-0.39, 0.29) is 6.04 Å². The van der Waals surface area contributed by atoms with Gasteiger partial charge in [-0.15, -0.1) is 11.3 Å². The highest BCUT2D eigenvalue weighted by atomic mass is 127. The number of hydrogen-bond acceptors (Lipinski definition) is 3. The summed E-state index contributed by atoms with van der Waals surface area (Å²) < 4.78 is 7.08. The molecule has 0 saturated carbocycles. The molecule has 0 spiro atoms. The Labute approximate surface area is 135 Å². The van der Waals surface area contributed by atoms with Crippen LogP contribution in [-0.2, 0) is 6.42 Å². The third-order valence-electron chi connectivity index (χ3n) is 3.30. The number of hydrogen-bond donors (Lipinski definition) is 1. The van der Waals surface area contributed by atoms with E-state index in [0.717, 1.165) is 29.4 Å². The molecule has 19 heavy (non-hydrogen) atoms. The summed E-state index contributed by atoms with van der Waals surface area (Å²) in [4.78, 5) is 0. The third kappa shape index (κ3) is 2.63. The number of rotatable bonds is 3. The molecule has 2 heterocycles. The molecule has 0 saturated heterocycles. The van der Waals surface area contributed by atoms with E-state index in [1.807, 2.05) is 19.2 Å². The Hall–Kier alpha value is -0.300. The second kappa shape index (κ2) is 5.60. The van der Waals surface area contributed by atoms with Crippen LogP contribution in [0.3, 0.4) is 0 Å². The van der Waals surface area contributed by atoms with Crippen LogP contribution >= 0.6 is 45.5 Å². The van der Waals surface area contributed by atoms with Crippen molar-refractivity contribution in [1.29, 1.82) is 0 Å². The van der Waals surface area contributed by atoms with Gasteiger partial charge in [-0.2, -0.15) is 0 Å². The molecule has 1 unspecified atom stereocenters. The number of ether oxygens (including phenoxy) is 1. The number of nitrogens with one attached hydrogen (secondary N) is 1. The van der Waals surface area contributed by atoms with Crippen molar-refractivity contribution in [3.63, 3.8) is 0 Å². The Morgan fingerprint density at radius 1 is 1.42 bits per heavy atom. The highest BCUT2D eigenvalue weighted by Gasteiger charge is 2.24. The molecule has 1 aromatic carbocycles. The lowest BCUT2D eigenvalue weighted by Crippen LogP contribution is -2.17. The second-order valence-electron chi connectivity index (χ2n) is 4.49. The molecule has 5 heteroatoms. The van der Waals surface area contributed by atoms with Crippen molar-refractivity contribution in [3.8, 4) is 5.75 Å². The van der Waals surface area contributed by atoms with Crippen LogP contribution in [0.15, 0.2) is 23.6 Å². The van der Waals surface area contributed by atoms with Gasteiger partial charge in [0.05, 0.1) is 15.5 Å². The van der Waals surface area contributed by atoms with E-state index in [1.54, 1.807) is 11.3 Å². The minimum Gasteiger partial charge on any atom is -0.493 e. The zero-order valence-electron chi connectivity index (χ0n) is 10.4. The topological polar surface area (TPSA) is 21.3 Å². The van der Waals surface area contributed by atoms with Crippen LogP contribution in [0, 0.1) is 2.88 Å². The van der Waals surface area contributed by atoms with Gasteiger partial charge in [0, 0.05) is 17.0 Å². The van der Waals surface area contributed by atoms with Crippen molar-refractivity contribution in [2.24, 2.45) is 0 Å². The zero-order valence-corrected chi connectivity index (χ0v) is 14.1. The van der Waals surface area contributed by atoms with Gasteiger partial charge >= 0.3 is 0 Å². The standard InChI is InChI=1S/C14H13ClINOS/c1-17-13(9-5-12(16)19-7-9)11-6-10(15)4-8-2-3-18-14(8)11/h4-7,13,17H,2-3H2,1H3. The zero-order chi connectivity index (χ0) is 13.4. The van der Waals surface area contributed by atoms with Gasteiger partial charge in [0.1, 0.15) is 5.75 Å². The molecule has 1 N–H and O–H groups in total. The van der Waals surface area contributed by atoms with Gasteiger partial charge in [-0.25, -0.2) is 0 Å². The first-order valence-corrected chi connectivity index (χ1v) is 8.39. The van der Waals surface area contributed by atoms with E-state index < -0.39 is 0 Å². The number of halogens is 2. The quantitative estimate of drug-likeness (QED) is 0.771. The van der Waals surface area contributed by atoms with Gasteiger partial charge in [-0.3, -0.25) is 0 Å². The van der Waals surface area contributed by atoms with Crippen molar-refractivity contribution >= 4 is 45.5 Å². The van der Waals surface area contributed by atoms with Crippen LogP contribution in [0.1, 0.15) is 22.7 Å². The lowest BCUT2D eigenvalue weighted by molar-refractivity contribution is 0.351. The summed E-state index contributed by atoms with van der Waals surface area (Å²) in [6, 6.07) is 6.36. The summed E-state index contributed by atoms with van der Waals surface area (Å²) in [5.41, 5.74) is 3.61. The van der Waals surface area contributed by atoms with Crippen molar-refractivity contribution in [2.45, 2.75) is 12.5 Å². The summed E-state index contributed by atoms with van der Waals surface area (Å²) in [5.74, 6) is 1.00. The number of fused-ring (bicyclic) bond motifs is 1. The van der Waals surface area contributed by atoms with E-state index in [4.69, 9.17) is 16.3 Å². The summed E-state index contributed by atoms with van der Waals surface area (Å²) in [6.45, 7) is 0.750. The van der Waals surface area contributed by atoms with Gasteiger partial charge in [0.25, 0.3) is 0 Å². The third-order valence-corrected chi connectivity index (χ3v) is 5.32. The first kappa shape index (κ1) is 13.7. The average molecular weight is 406 g/mol. The van der Waals surface area contributed by atoms with Crippen LogP contribution < -0.4 is 10.1 Å². The predicted molar refractivity (Wildman–Crippen MR) is 88.6 cm³/mol. The maximum atomic E-state index is 6.24. The van der Waals surface area contributed by atoms with Crippen LogP contribution in [0.25, 0.3) is 0 Å². The van der Waals surface area contributed by atoms with Crippen LogP contribution in [0.4, 0.5) is 0 Å². The van der Waals surface area contributed by atoms with Crippen LogP contribution in [0.2, 0.25) is 5.02 Å². The molecule has 1 aliphatic rings. The summed E-state index contributed by atoms with van der Waals surface area (Å²) in [6.07, 6.45) is 0.945. The van der Waals surface area contributed by atoms with E-state index in [0.29, 0.717) is 0 Å². The monoisotopic (exact) mass is 405 g/mol. The lowest BCUT2D eigenvalue weighted by atomic mass is 9.98. The fraction of sp³-hybridized carbons (Fsp3) is 0.286. The largest absolute Gasteiger partial charge is 0.493 e. The second-order valence-corrected chi connectivity index (χ2v) is 7.73. The van der Waals surface area contributed by atoms with E-state index in [9.17, 15) is 0 Å². The molecule has 3 rings (SSSR count). The van der Waals surface area contributed by atoms with E-state index >= 15 is 0 Å². The summed E-state index contributed by atoms with van der Waals surface area (Å²) in [5, 5.41) is 6.34. The molecule has 0 bridgehead atoms.